The van der Waals surface area contributed by atoms with E-state index < -0.39 is 10.0 Å². The molecule has 0 atom stereocenters. The summed E-state index contributed by atoms with van der Waals surface area (Å²) in [4.78, 5) is 8.17. The van der Waals surface area contributed by atoms with Gasteiger partial charge in [-0.25, -0.2) is 18.4 Å². The molecule has 3 aromatic rings. The van der Waals surface area contributed by atoms with E-state index in [0.717, 1.165) is 16.6 Å². The van der Waals surface area contributed by atoms with Gasteiger partial charge >= 0.3 is 0 Å². The van der Waals surface area contributed by atoms with Crippen LogP contribution in [0.25, 0.3) is 10.9 Å². The van der Waals surface area contributed by atoms with Crippen LogP contribution < -0.4 is 10.0 Å². The molecular formula is C18H17N5O2S. The number of nitrogens with one attached hydrogen (secondary N) is 2. The van der Waals surface area contributed by atoms with Crippen molar-refractivity contribution in [3.8, 4) is 6.07 Å². The van der Waals surface area contributed by atoms with Gasteiger partial charge in [-0.3, -0.25) is 4.72 Å². The van der Waals surface area contributed by atoms with Crippen LogP contribution in [-0.2, 0) is 10.0 Å². The highest BCUT2D eigenvalue weighted by atomic mass is 32.2. The highest BCUT2D eigenvalue weighted by Gasteiger charge is 2.14. The van der Waals surface area contributed by atoms with Crippen LogP contribution in [-0.4, -0.2) is 24.1 Å². The molecule has 0 fully saturated rings. The third kappa shape index (κ3) is 3.90. The van der Waals surface area contributed by atoms with Gasteiger partial charge in [0.1, 0.15) is 12.4 Å². The monoisotopic (exact) mass is 367 g/mol. The summed E-state index contributed by atoms with van der Waals surface area (Å²) in [6.45, 7) is 1.78. The minimum atomic E-state index is -3.48. The van der Waals surface area contributed by atoms with Crippen molar-refractivity contribution in [3.05, 3.63) is 54.5 Å². The molecule has 0 unspecified atom stereocenters. The molecule has 26 heavy (non-hydrogen) atoms. The third-order valence-electron chi connectivity index (χ3n) is 3.70. The first-order chi connectivity index (χ1) is 12.5. The van der Waals surface area contributed by atoms with E-state index in [1.807, 2.05) is 18.2 Å². The number of benzene rings is 2. The van der Waals surface area contributed by atoms with Gasteiger partial charge in [0.25, 0.3) is 0 Å². The molecule has 0 saturated carbocycles. The van der Waals surface area contributed by atoms with E-state index in [1.54, 1.807) is 31.3 Å². The molecule has 0 spiro atoms. The molecule has 7 nitrogen and oxygen atoms in total. The van der Waals surface area contributed by atoms with Crippen LogP contribution >= 0.6 is 0 Å². The molecule has 2 N–H and O–H groups in total. The van der Waals surface area contributed by atoms with Gasteiger partial charge in [0, 0.05) is 17.3 Å². The Hall–Kier alpha value is -3.18. The zero-order valence-electron chi connectivity index (χ0n) is 14.1. The van der Waals surface area contributed by atoms with Crippen molar-refractivity contribution < 1.29 is 8.42 Å². The first-order valence-electron chi connectivity index (χ1n) is 8.03. The van der Waals surface area contributed by atoms with Crippen molar-refractivity contribution in [2.45, 2.75) is 13.3 Å². The van der Waals surface area contributed by atoms with E-state index in [1.165, 1.54) is 6.33 Å². The van der Waals surface area contributed by atoms with Gasteiger partial charge in [-0.15, -0.1) is 0 Å². The second kappa shape index (κ2) is 7.37. The van der Waals surface area contributed by atoms with Crippen molar-refractivity contribution in [2.75, 3.05) is 15.8 Å². The number of sulfonamides is 1. The van der Waals surface area contributed by atoms with Crippen LogP contribution in [0.15, 0.2) is 48.9 Å². The molecule has 0 aliphatic rings. The largest absolute Gasteiger partial charge is 0.354 e. The fraction of sp³-hybridized carbons (Fsp3) is 0.167. The molecule has 0 amide bonds. The van der Waals surface area contributed by atoms with Crippen LogP contribution in [0.5, 0.6) is 0 Å². The summed E-state index contributed by atoms with van der Waals surface area (Å²) in [5.74, 6) is 0.000198. The van der Waals surface area contributed by atoms with E-state index in [9.17, 15) is 13.7 Å². The van der Waals surface area contributed by atoms with Crippen molar-refractivity contribution in [1.82, 2.24) is 9.97 Å². The Bertz CT molecular complexity index is 1090. The summed E-state index contributed by atoms with van der Waals surface area (Å²) in [6, 6.07) is 12.6. The lowest BCUT2D eigenvalue weighted by Crippen LogP contribution is -2.17. The number of anilines is 3. The Labute approximate surface area is 151 Å². The Balaban J connectivity index is 1.94. The third-order valence-corrected chi connectivity index (χ3v) is 5.17. The van der Waals surface area contributed by atoms with Crippen LogP contribution in [0.3, 0.4) is 0 Å². The number of nitriles is 1. The smallest absolute Gasteiger partial charge is 0.232 e. The predicted octanol–water partition coefficient (Wildman–Crippen LogP) is 3.40. The zero-order chi connectivity index (χ0) is 18.6. The van der Waals surface area contributed by atoms with Gasteiger partial charge < -0.3 is 5.32 Å². The van der Waals surface area contributed by atoms with E-state index in [0.29, 0.717) is 12.1 Å². The molecule has 0 aliphatic heterocycles. The molecule has 8 heteroatoms. The Morgan fingerprint density at radius 3 is 2.77 bits per heavy atom. The maximum atomic E-state index is 12.0. The van der Waals surface area contributed by atoms with E-state index in [4.69, 9.17) is 0 Å². The first-order valence-corrected chi connectivity index (χ1v) is 9.68. The summed E-state index contributed by atoms with van der Waals surface area (Å²) in [5, 5.41) is 13.5. The highest BCUT2D eigenvalue weighted by Crippen LogP contribution is 2.28. The number of hydrogen-bond donors (Lipinski definition) is 2. The highest BCUT2D eigenvalue weighted by molar-refractivity contribution is 7.92. The number of nitrogens with zero attached hydrogens (tertiary/aromatic N) is 3. The molecule has 0 radical (unpaired) electrons. The van der Waals surface area contributed by atoms with Gasteiger partial charge in [0.15, 0.2) is 0 Å². The normalized spacial score (nSPS) is 11.1. The van der Waals surface area contributed by atoms with Gasteiger partial charge in [0.2, 0.25) is 10.0 Å². The fourth-order valence-electron chi connectivity index (χ4n) is 2.57. The zero-order valence-corrected chi connectivity index (χ0v) is 14.9. The standard InChI is InChI=1S/C18H17N5O2S/c1-2-8-26(24,25)23-18-5-3-4-17(15(18)10-19)22-14-6-7-16-13(9-14)11-20-12-21-16/h3-7,9,11-12,22-23H,2,8H2,1H3. The van der Waals surface area contributed by atoms with Crippen molar-refractivity contribution in [3.63, 3.8) is 0 Å². The molecule has 3 rings (SSSR count). The molecule has 0 bridgehead atoms. The summed E-state index contributed by atoms with van der Waals surface area (Å²) in [6.07, 6.45) is 3.68. The van der Waals surface area contributed by atoms with Crippen LogP contribution in [0.4, 0.5) is 17.1 Å². The molecule has 1 heterocycles. The first kappa shape index (κ1) is 17.6. The fourth-order valence-corrected chi connectivity index (χ4v) is 3.71. The maximum absolute atomic E-state index is 12.0. The summed E-state index contributed by atoms with van der Waals surface area (Å²) >= 11 is 0. The van der Waals surface area contributed by atoms with Crippen LogP contribution in [0, 0.1) is 11.3 Å². The average molecular weight is 367 g/mol. The predicted molar refractivity (Wildman–Crippen MR) is 102 cm³/mol. The van der Waals surface area contributed by atoms with Crippen molar-refractivity contribution >= 4 is 38.0 Å². The lowest BCUT2D eigenvalue weighted by atomic mass is 10.1. The van der Waals surface area contributed by atoms with Gasteiger partial charge in [-0.1, -0.05) is 13.0 Å². The lowest BCUT2D eigenvalue weighted by Gasteiger charge is -2.13. The van der Waals surface area contributed by atoms with Crippen LogP contribution in [0.1, 0.15) is 18.9 Å². The summed E-state index contributed by atoms with van der Waals surface area (Å²) < 4.78 is 26.5. The molecular weight excluding hydrogens is 350 g/mol. The average Bonchev–Trinajstić information content (AvgIpc) is 2.61. The van der Waals surface area contributed by atoms with E-state index >= 15 is 0 Å². The number of fused-ring (bicyclic) bond motifs is 1. The quantitative estimate of drug-likeness (QED) is 0.691. The molecule has 2 aromatic carbocycles. The summed E-state index contributed by atoms with van der Waals surface area (Å²) in [5.41, 5.74) is 2.57. The van der Waals surface area contributed by atoms with Gasteiger partial charge in [0.05, 0.1) is 28.2 Å². The van der Waals surface area contributed by atoms with Crippen molar-refractivity contribution in [2.24, 2.45) is 0 Å². The van der Waals surface area contributed by atoms with E-state index in [2.05, 4.69) is 26.1 Å². The van der Waals surface area contributed by atoms with Gasteiger partial charge in [-0.2, -0.15) is 5.26 Å². The maximum Gasteiger partial charge on any atom is 0.232 e. The minimum Gasteiger partial charge on any atom is -0.354 e. The molecule has 0 saturated heterocycles. The number of hydrogen-bond acceptors (Lipinski definition) is 6. The second-order valence-electron chi connectivity index (χ2n) is 5.68. The van der Waals surface area contributed by atoms with Crippen LogP contribution in [0.2, 0.25) is 0 Å². The minimum absolute atomic E-state index is 0.000198. The molecule has 0 aliphatic carbocycles. The van der Waals surface area contributed by atoms with Gasteiger partial charge in [-0.05, 0) is 36.8 Å². The Morgan fingerprint density at radius 2 is 2.00 bits per heavy atom. The number of aromatic nitrogens is 2. The molecule has 1 aromatic heterocycles. The topological polar surface area (TPSA) is 108 Å². The second-order valence-corrected chi connectivity index (χ2v) is 7.52. The molecule has 132 valence electrons. The lowest BCUT2D eigenvalue weighted by molar-refractivity contribution is 0.600. The number of rotatable bonds is 6. The summed E-state index contributed by atoms with van der Waals surface area (Å²) in [7, 11) is -3.48. The Kier molecular flexibility index (Phi) is 5.00. The van der Waals surface area contributed by atoms with E-state index in [-0.39, 0.29) is 17.0 Å². The Morgan fingerprint density at radius 1 is 1.19 bits per heavy atom. The SMILES string of the molecule is CCCS(=O)(=O)Nc1cccc(Nc2ccc3ncncc3c2)c1C#N. The van der Waals surface area contributed by atoms with Crippen molar-refractivity contribution in [1.29, 1.82) is 5.26 Å².